The van der Waals surface area contributed by atoms with Gasteiger partial charge in [0.15, 0.2) is 0 Å². The summed E-state index contributed by atoms with van der Waals surface area (Å²) >= 11 is 0. The molecular formula is C17H24N4. The number of imidazole rings is 1. The fourth-order valence-corrected chi connectivity index (χ4v) is 4.05. The van der Waals surface area contributed by atoms with Gasteiger partial charge in [0.1, 0.15) is 0 Å². The number of nitrogens with one attached hydrogen (secondary N) is 1. The second-order valence-electron chi connectivity index (χ2n) is 6.75. The standard InChI is InChI=1S/C17H24N4/c1-12-6-5-9-15(13(12)2)20-10-18-17-19-14-7-3-4-8-16(14)21(17)11-20/h3-4,7-8,12-13,15H,5-6,9-11H2,1-2H3,(H,18,19)/t12-,13-,15+/m1/s1. The van der Waals surface area contributed by atoms with Crippen molar-refractivity contribution in [3.05, 3.63) is 24.3 Å². The van der Waals surface area contributed by atoms with Gasteiger partial charge in [0.25, 0.3) is 0 Å². The van der Waals surface area contributed by atoms with E-state index < -0.39 is 0 Å². The minimum atomic E-state index is 0.690. The second-order valence-corrected chi connectivity index (χ2v) is 6.75. The van der Waals surface area contributed by atoms with Gasteiger partial charge in [-0.25, -0.2) is 4.98 Å². The molecule has 3 atom stereocenters. The van der Waals surface area contributed by atoms with E-state index in [1.165, 1.54) is 24.8 Å². The van der Waals surface area contributed by atoms with Crippen molar-refractivity contribution in [2.75, 3.05) is 12.0 Å². The number of benzene rings is 1. The summed E-state index contributed by atoms with van der Waals surface area (Å²) in [6.45, 7) is 6.72. The van der Waals surface area contributed by atoms with Crippen molar-refractivity contribution >= 4 is 17.0 Å². The third kappa shape index (κ3) is 2.13. The number of fused-ring (bicyclic) bond motifs is 3. The lowest BCUT2D eigenvalue weighted by molar-refractivity contribution is 0.0584. The first-order valence-electron chi connectivity index (χ1n) is 8.17. The number of anilines is 1. The molecule has 2 aromatic rings. The molecule has 2 aliphatic rings. The maximum absolute atomic E-state index is 4.69. The van der Waals surface area contributed by atoms with E-state index in [0.717, 1.165) is 36.6 Å². The molecule has 4 heteroatoms. The summed E-state index contributed by atoms with van der Waals surface area (Å²) in [6, 6.07) is 9.11. The Morgan fingerprint density at radius 1 is 1.19 bits per heavy atom. The summed E-state index contributed by atoms with van der Waals surface area (Å²) < 4.78 is 2.32. The highest BCUT2D eigenvalue weighted by Crippen LogP contribution is 2.34. The topological polar surface area (TPSA) is 33.1 Å². The summed E-state index contributed by atoms with van der Waals surface area (Å²) in [4.78, 5) is 7.29. The Bertz CT molecular complexity index is 647. The average Bonchev–Trinajstić information content (AvgIpc) is 2.88. The van der Waals surface area contributed by atoms with Crippen LogP contribution in [0.1, 0.15) is 33.1 Å². The van der Waals surface area contributed by atoms with Crippen LogP contribution >= 0.6 is 0 Å². The van der Waals surface area contributed by atoms with Crippen LogP contribution in [0, 0.1) is 11.8 Å². The molecule has 1 aromatic carbocycles. The van der Waals surface area contributed by atoms with Crippen molar-refractivity contribution in [2.45, 2.75) is 45.8 Å². The van der Waals surface area contributed by atoms with Crippen LogP contribution in [-0.4, -0.2) is 27.2 Å². The van der Waals surface area contributed by atoms with E-state index in [2.05, 4.69) is 52.9 Å². The number of hydrogen-bond acceptors (Lipinski definition) is 3. The Balaban J connectivity index is 1.64. The Hall–Kier alpha value is -1.55. The molecule has 4 rings (SSSR count). The Labute approximate surface area is 126 Å². The molecular weight excluding hydrogens is 260 g/mol. The molecule has 0 spiro atoms. The molecule has 1 aliphatic heterocycles. The number of rotatable bonds is 1. The average molecular weight is 284 g/mol. The molecule has 0 unspecified atom stereocenters. The second kappa shape index (κ2) is 5.02. The fraction of sp³-hybridized carbons (Fsp3) is 0.588. The number of nitrogens with zero attached hydrogens (tertiary/aromatic N) is 3. The van der Waals surface area contributed by atoms with Crippen molar-refractivity contribution in [1.82, 2.24) is 14.5 Å². The van der Waals surface area contributed by atoms with Gasteiger partial charge in [-0.05, 0) is 30.4 Å². The lowest BCUT2D eigenvalue weighted by atomic mass is 9.77. The maximum atomic E-state index is 4.69. The Morgan fingerprint density at radius 2 is 2.05 bits per heavy atom. The summed E-state index contributed by atoms with van der Waals surface area (Å²) in [5, 5.41) is 3.51. The summed E-state index contributed by atoms with van der Waals surface area (Å²) in [6.07, 6.45) is 4.08. The first-order chi connectivity index (χ1) is 10.2. The highest BCUT2D eigenvalue weighted by atomic mass is 15.4. The van der Waals surface area contributed by atoms with E-state index in [1.54, 1.807) is 0 Å². The molecule has 2 heterocycles. The van der Waals surface area contributed by atoms with Crippen molar-refractivity contribution < 1.29 is 0 Å². The van der Waals surface area contributed by atoms with Gasteiger partial charge in [-0.2, -0.15) is 0 Å². The molecule has 1 N–H and O–H groups in total. The van der Waals surface area contributed by atoms with Crippen molar-refractivity contribution in [3.63, 3.8) is 0 Å². The van der Waals surface area contributed by atoms with Gasteiger partial charge in [-0.1, -0.05) is 38.8 Å². The SMILES string of the molecule is C[C@@H]1[C@H](C)CCC[C@@H]1N1CNc2nc3ccccc3n2C1. The largest absolute Gasteiger partial charge is 0.343 e. The maximum Gasteiger partial charge on any atom is 0.206 e. The highest BCUT2D eigenvalue weighted by Gasteiger charge is 2.33. The normalized spacial score (nSPS) is 30.1. The minimum Gasteiger partial charge on any atom is -0.343 e. The lowest BCUT2D eigenvalue weighted by Crippen LogP contribution is -2.49. The molecule has 4 nitrogen and oxygen atoms in total. The van der Waals surface area contributed by atoms with Crippen LogP contribution in [0.3, 0.4) is 0 Å². The van der Waals surface area contributed by atoms with Crippen LogP contribution in [0.2, 0.25) is 0 Å². The van der Waals surface area contributed by atoms with Gasteiger partial charge >= 0.3 is 0 Å². The van der Waals surface area contributed by atoms with Crippen LogP contribution in [0.4, 0.5) is 5.95 Å². The summed E-state index contributed by atoms with van der Waals surface area (Å²) in [5.74, 6) is 2.63. The molecule has 1 saturated carbocycles. The van der Waals surface area contributed by atoms with E-state index in [9.17, 15) is 0 Å². The third-order valence-corrected chi connectivity index (χ3v) is 5.55. The van der Waals surface area contributed by atoms with E-state index in [0.29, 0.717) is 6.04 Å². The Morgan fingerprint density at radius 3 is 2.95 bits per heavy atom. The lowest BCUT2D eigenvalue weighted by Gasteiger charge is -2.43. The Kier molecular flexibility index (Phi) is 3.14. The molecule has 1 aliphatic carbocycles. The predicted molar refractivity (Wildman–Crippen MR) is 86.0 cm³/mol. The highest BCUT2D eigenvalue weighted by molar-refractivity contribution is 5.78. The van der Waals surface area contributed by atoms with Crippen LogP contribution in [0.15, 0.2) is 24.3 Å². The van der Waals surface area contributed by atoms with Crippen LogP contribution in [0.5, 0.6) is 0 Å². The predicted octanol–water partition coefficient (Wildman–Crippen LogP) is 3.50. The first kappa shape index (κ1) is 13.1. The zero-order chi connectivity index (χ0) is 14.4. The van der Waals surface area contributed by atoms with Gasteiger partial charge in [-0.3, -0.25) is 9.47 Å². The van der Waals surface area contributed by atoms with E-state index in [-0.39, 0.29) is 0 Å². The molecule has 21 heavy (non-hydrogen) atoms. The smallest absolute Gasteiger partial charge is 0.206 e. The molecule has 1 aromatic heterocycles. The van der Waals surface area contributed by atoms with Crippen LogP contribution in [-0.2, 0) is 6.67 Å². The first-order valence-corrected chi connectivity index (χ1v) is 8.17. The molecule has 112 valence electrons. The van der Waals surface area contributed by atoms with Gasteiger partial charge in [0.05, 0.1) is 24.4 Å². The fourth-order valence-electron chi connectivity index (χ4n) is 4.05. The van der Waals surface area contributed by atoms with Crippen molar-refractivity contribution in [1.29, 1.82) is 0 Å². The number of hydrogen-bond donors (Lipinski definition) is 1. The number of para-hydroxylation sites is 2. The van der Waals surface area contributed by atoms with E-state index >= 15 is 0 Å². The van der Waals surface area contributed by atoms with Crippen LogP contribution in [0.25, 0.3) is 11.0 Å². The molecule has 1 fully saturated rings. The molecule has 0 amide bonds. The summed E-state index contributed by atoms with van der Waals surface area (Å²) in [7, 11) is 0. The van der Waals surface area contributed by atoms with Crippen molar-refractivity contribution in [3.8, 4) is 0 Å². The minimum absolute atomic E-state index is 0.690. The summed E-state index contributed by atoms with van der Waals surface area (Å²) in [5.41, 5.74) is 2.33. The van der Waals surface area contributed by atoms with Gasteiger partial charge in [0, 0.05) is 6.04 Å². The van der Waals surface area contributed by atoms with Crippen LogP contribution < -0.4 is 5.32 Å². The van der Waals surface area contributed by atoms with Gasteiger partial charge in [0.2, 0.25) is 5.95 Å². The number of aromatic nitrogens is 2. The van der Waals surface area contributed by atoms with Crippen molar-refractivity contribution in [2.24, 2.45) is 11.8 Å². The van der Waals surface area contributed by atoms with E-state index in [1.807, 2.05) is 0 Å². The van der Waals surface area contributed by atoms with Gasteiger partial charge in [-0.15, -0.1) is 0 Å². The van der Waals surface area contributed by atoms with Gasteiger partial charge < -0.3 is 5.32 Å². The zero-order valence-corrected chi connectivity index (χ0v) is 12.9. The van der Waals surface area contributed by atoms with E-state index in [4.69, 9.17) is 4.98 Å². The zero-order valence-electron chi connectivity index (χ0n) is 12.9. The molecule has 0 saturated heterocycles. The third-order valence-electron chi connectivity index (χ3n) is 5.55. The molecule has 0 bridgehead atoms. The molecule has 0 radical (unpaired) electrons. The monoisotopic (exact) mass is 284 g/mol. The quantitative estimate of drug-likeness (QED) is 0.870.